The number of amides is 4. The van der Waals surface area contributed by atoms with Crippen molar-refractivity contribution in [1.82, 2.24) is 26.3 Å². The van der Waals surface area contributed by atoms with Gasteiger partial charge in [-0.15, -0.1) is 0 Å². The summed E-state index contributed by atoms with van der Waals surface area (Å²) < 4.78 is 17.6. The van der Waals surface area contributed by atoms with E-state index in [-0.39, 0.29) is 35.6 Å². The van der Waals surface area contributed by atoms with Crippen LogP contribution < -0.4 is 26.0 Å². The number of hydrogen-bond acceptors (Lipinski definition) is 9. The fraction of sp³-hybridized carbons (Fsp3) is 0.514. The van der Waals surface area contributed by atoms with Crippen LogP contribution in [-0.2, 0) is 19.1 Å². The summed E-state index contributed by atoms with van der Waals surface area (Å²) in [7, 11) is 0. The summed E-state index contributed by atoms with van der Waals surface area (Å²) >= 11 is 5.20. The number of fused-ring (bicyclic) bond motifs is 1. The highest BCUT2D eigenvalue weighted by Gasteiger charge is 2.42. The Morgan fingerprint density at radius 1 is 1.10 bits per heavy atom. The van der Waals surface area contributed by atoms with Gasteiger partial charge >= 0.3 is 6.03 Å². The minimum absolute atomic E-state index is 0.0148. The first-order valence-electron chi connectivity index (χ1n) is 16.7. The van der Waals surface area contributed by atoms with E-state index in [1.165, 1.54) is 6.08 Å². The highest BCUT2D eigenvalue weighted by molar-refractivity contribution is 9.10. The van der Waals surface area contributed by atoms with E-state index in [0.717, 1.165) is 37.0 Å². The van der Waals surface area contributed by atoms with Crippen LogP contribution in [0, 0.1) is 11.3 Å². The van der Waals surface area contributed by atoms with Crippen LogP contribution in [0.25, 0.3) is 6.08 Å². The lowest BCUT2D eigenvalue weighted by atomic mass is 10.0. The Balaban J connectivity index is 1.02. The first-order chi connectivity index (χ1) is 23.9. The van der Waals surface area contributed by atoms with Crippen molar-refractivity contribution >= 4 is 51.6 Å². The number of unbranched alkanes of at least 4 members (excludes halogenated alkanes) is 1. The molecule has 3 heterocycles. The summed E-state index contributed by atoms with van der Waals surface area (Å²) in [5.41, 5.74) is 1.42. The fourth-order valence-corrected chi connectivity index (χ4v) is 7.51. The van der Waals surface area contributed by atoms with E-state index >= 15 is 0 Å². The van der Waals surface area contributed by atoms with Gasteiger partial charge in [0, 0.05) is 24.0 Å². The standard InChI is InChI=1S/C35H45BrN6O6S/c1-2-6-28(40-34(44)25(22-37)21-26-7-5-9-31(36)39-26)24-11-13-27(14-12-24)48-20-19-47-18-17-46-16-15-38-32(43)10-4-3-8-30-33-29(23-49-30)41-35(45)42-33/h5,7,9,11-14,21,28-30,33H,2-4,6,8,10,15-20,23H2,1H3,(H,38,43)(H,40,44)(H2,41,42,45). The maximum absolute atomic E-state index is 12.9. The number of carbonyl (C=O) groups is 3. The summed E-state index contributed by atoms with van der Waals surface area (Å²) in [6.45, 7) is 4.53. The van der Waals surface area contributed by atoms with Crippen molar-refractivity contribution in [3.63, 3.8) is 0 Å². The molecular weight excluding hydrogens is 712 g/mol. The first kappa shape index (κ1) is 38.2. The normalized spacial score (nSPS) is 18.9. The number of ether oxygens (including phenoxy) is 3. The highest BCUT2D eigenvalue weighted by Crippen LogP contribution is 2.33. The number of pyridine rings is 1. The third-order valence-corrected chi connectivity index (χ3v) is 10.0. The van der Waals surface area contributed by atoms with Crippen LogP contribution in [0.2, 0.25) is 0 Å². The van der Waals surface area contributed by atoms with Crippen molar-refractivity contribution in [3.8, 4) is 11.8 Å². The van der Waals surface area contributed by atoms with Gasteiger partial charge in [0.1, 0.15) is 28.6 Å². The second kappa shape index (κ2) is 20.8. The average molecular weight is 758 g/mol. The zero-order chi connectivity index (χ0) is 34.8. The molecule has 1 aromatic carbocycles. The minimum Gasteiger partial charge on any atom is -0.491 e. The molecule has 4 N–H and O–H groups in total. The molecule has 4 unspecified atom stereocenters. The zero-order valence-electron chi connectivity index (χ0n) is 27.8. The monoisotopic (exact) mass is 756 g/mol. The molecule has 4 atom stereocenters. The predicted molar refractivity (Wildman–Crippen MR) is 192 cm³/mol. The van der Waals surface area contributed by atoms with Gasteiger partial charge in [0.25, 0.3) is 5.91 Å². The van der Waals surface area contributed by atoms with E-state index in [1.54, 1.807) is 18.2 Å². The zero-order valence-corrected chi connectivity index (χ0v) is 30.2. The molecule has 0 bridgehead atoms. The van der Waals surface area contributed by atoms with E-state index in [1.807, 2.05) is 49.0 Å². The van der Waals surface area contributed by atoms with Crippen LogP contribution in [-0.4, -0.2) is 85.5 Å². The molecular formula is C35H45BrN6O6S. The largest absolute Gasteiger partial charge is 0.491 e. The van der Waals surface area contributed by atoms with E-state index < -0.39 is 5.91 Å². The number of halogens is 1. The number of carbonyl (C=O) groups excluding carboxylic acids is 3. The molecule has 0 spiro atoms. The fourth-order valence-electron chi connectivity index (χ4n) is 5.61. The number of nitrogens with one attached hydrogen (secondary N) is 4. The second-order valence-electron chi connectivity index (χ2n) is 11.7. The Kier molecular flexibility index (Phi) is 16.2. The number of rotatable bonds is 21. The average Bonchev–Trinajstić information content (AvgIpc) is 3.65. The Morgan fingerprint density at radius 2 is 1.88 bits per heavy atom. The Bertz CT molecular complexity index is 1450. The van der Waals surface area contributed by atoms with Crippen LogP contribution >= 0.6 is 27.7 Å². The van der Waals surface area contributed by atoms with Crippen LogP contribution in [0.1, 0.15) is 62.7 Å². The van der Waals surface area contributed by atoms with Gasteiger partial charge < -0.3 is 35.5 Å². The van der Waals surface area contributed by atoms with E-state index in [9.17, 15) is 19.6 Å². The van der Waals surface area contributed by atoms with Gasteiger partial charge in [-0.05, 0) is 71.1 Å². The van der Waals surface area contributed by atoms with E-state index in [4.69, 9.17) is 14.2 Å². The molecule has 264 valence electrons. The summed E-state index contributed by atoms with van der Waals surface area (Å²) in [4.78, 5) is 40.8. The Labute approximate surface area is 300 Å². The van der Waals surface area contributed by atoms with E-state index in [2.05, 4.69) is 42.2 Å². The molecule has 0 aliphatic carbocycles. The first-order valence-corrected chi connectivity index (χ1v) is 18.6. The number of benzene rings is 1. The summed E-state index contributed by atoms with van der Waals surface area (Å²) in [5, 5.41) is 21.8. The molecule has 2 saturated heterocycles. The number of urea groups is 1. The van der Waals surface area contributed by atoms with Crippen molar-refractivity contribution in [2.24, 2.45) is 0 Å². The summed E-state index contributed by atoms with van der Waals surface area (Å²) in [6, 6.07) is 14.9. The number of hydrogen-bond donors (Lipinski definition) is 4. The van der Waals surface area contributed by atoms with Crippen LogP contribution in [0.5, 0.6) is 5.75 Å². The molecule has 2 aliphatic rings. The maximum atomic E-state index is 12.9. The van der Waals surface area contributed by atoms with Gasteiger partial charge in [-0.2, -0.15) is 17.0 Å². The van der Waals surface area contributed by atoms with Gasteiger partial charge in [-0.1, -0.05) is 38.0 Å². The SMILES string of the molecule is CCCC(NC(=O)C(C#N)=Cc1cccc(Br)n1)c1ccc(OCCOCCOCCNC(=O)CCCCC2SCC3NC(=O)NC32)cc1. The third kappa shape index (κ3) is 13.0. The molecule has 0 saturated carbocycles. The molecule has 14 heteroatoms. The predicted octanol–water partition coefficient (Wildman–Crippen LogP) is 4.66. The van der Waals surface area contributed by atoms with Gasteiger partial charge in [0.15, 0.2) is 0 Å². The molecule has 12 nitrogen and oxygen atoms in total. The minimum atomic E-state index is -0.451. The smallest absolute Gasteiger partial charge is 0.315 e. The number of nitrogens with zero attached hydrogens (tertiary/aromatic N) is 2. The van der Waals surface area contributed by atoms with Crippen molar-refractivity contribution in [3.05, 3.63) is 63.9 Å². The maximum Gasteiger partial charge on any atom is 0.315 e. The van der Waals surface area contributed by atoms with Gasteiger partial charge in [-0.3, -0.25) is 9.59 Å². The lowest BCUT2D eigenvalue weighted by molar-refractivity contribution is -0.121. The summed E-state index contributed by atoms with van der Waals surface area (Å²) in [5.74, 6) is 1.21. The molecule has 2 fully saturated rings. The van der Waals surface area contributed by atoms with Gasteiger partial charge in [0.2, 0.25) is 5.91 Å². The lowest BCUT2D eigenvalue weighted by Crippen LogP contribution is -2.36. The molecule has 0 radical (unpaired) electrons. The van der Waals surface area contributed by atoms with Crippen LogP contribution in [0.4, 0.5) is 4.79 Å². The Hall–Kier alpha value is -3.64. The third-order valence-electron chi connectivity index (χ3n) is 8.08. The van der Waals surface area contributed by atoms with Crippen molar-refractivity contribution in [1.29, 1.82) is 5.26 Å². The molecule has 4 rings (SSSR count). The van der Waals surface area contributed by atoms with Gasteiger partial charge in [0.05, 0.1) is 50.2 Å². The topological polar surface area (TPSA) is 164 Å². The lowest BCUT2D eigenvalue weighted by Gasteiger charge is -2.19. The number of aromatic nitrogens is 1. The van der Waals surface area contributed by atoms with Gasteiger partial charge in [-0.25, -0.2) is 9.78 Å². The van der Waals surface area contributed by atoms with Crippen molar-refractivity contribution < 1.29 is 28.6 Å². The molecule has 2 aliphatic heterocycles. The van der Waals surface area contributed by atoms with Crippen LogP contribution in [0.15, 0.2) is 52.6 Å². The second-order valence-corrected chi connectivity index (χ2v) is 13.8. The quantitative estimate of drug-likeness (QED) is 0.0467. The number of nitriles is 1. The van der Waals surface area contributed by atoms with E-state index in [0.29, 0.717) is 73.7 Å². The van der Waals surface area contributed by atoms with Crippen molar-refractivity contribution in [2.45, 2.75) is 68.8 Å². The Morgan fingerprint density at radius 3 is 2.63 bits per heavy atom. The molecule has 49 heavy (non-hydrogen) atoms. The number of thioether (sulfide) groups is 1. The molecule has 1 aromatic heterocycles. The summed E-state index contributed by atoms with van der Waals surface area (Å²) in [6.07, 6.45) is 6.31. The molecule has 4 amide bonds. The van der Waals surface area contributed by atoms with Crippen LogP contribution in [0.3, 0.4) is 0 Å². The van der Waals surface area contributed by atoms with Crippen molar-refractivity contribution in [2.75, 3.05) is 45.3 Å². The highest BCUT2D eigenvalue weighted by atomic mass is 79.9. The molecule has 2 aromatic rings.